The lowest BCUT2D eigenvalue weighted by Crippen LogP contribution is -2.02. The predicted octanol–water partition coefficient (Wildman–Crippen LogP) is 2.25. The fourth-order valence-electron chi connectivity index (χ4n) is 1.48. The van der Waals surface area contributed by atoms with Crippen LogP contribution in [-0.2, 0) is 6.42 Å². The number of rotatable bonds is 5. The summed E-state index contributed by atoms with van der Waals surface area (Å²) in [6, 6.07) is 3.63. The van der Waals surface area contributed by atoms with Gasteiger partial charge in [0.15, 0.2) is 11.5 Å². The van der Waals surface area contributed by atoms with E-state index in [-0.39, 0.29) is 0 Å². The second-order valence-corrected chi connectivity index (χ2v) is 3.63. The van der Waals surface area contributed by atoms with Crippen molar-refractivity contribution in [3.63, 3.8) is 0 Å². The van der Waals surface area contributed by atoms with E-state index in [1.165, 1.54) is 0 Å². The van der Waals surface area contributed by atoms with Crippen molar-refractivity contribution in [3.05, 3.63) is 22.7 Å². The Kier molecular flexibility index (Phi) is 4.72. The molecule has 0 unspecified atom stereocenters. The largest absolute Gasteiger partial charge is 0.493 e. The van der Waals surface area contributed by atoms with Crippen molar-refractivity contribution in [2.24, 2.45) is 5.73 Å². The van der Waals surface area contributed by atoms with Gasteiger partial charge in [-0.1, -0.05) is 11.6 Å². The smallest absolute Gasteiger partial charge is 0.163 e. The fourth-order valence-corrected chi connectivity index (χ4v) is 1.72. The van der Waals surface area contributed by atoms with Crippen LogP contribution in [0, 0.1) is 0 Å². The van der Waals surface area contributed by atoms with Gasteiger partial charge in [0.2, 0.25) is 0 Å². The van der Waals surface area contributed by atoms with Crippen LogP contribution in [0.4, 0.5) is 0 Å². The van der Waals surface area contributed by atoms with Crippen molar-refractivity contribution in [2.75, 3.05) is 20.8 Å². The highest BCUT2D eigenvalue weighted by molar-refractivity contribution is 6.30. The predicted molar refractivity (Wildman–Crippen MR) is 61.9 cm³/mol. The van der Waals surface area contributed by atoms with E-state index in [0.717, 1.165) is 24.2 Å². The van der Waals surface area contributed by atoms with E-state index in [0.29, 0.717) is 17.3 Å². The Bertz CT molecular complexity index is 329. The normalized spacial score (nSPS) is 10.1. The van der Waals surface area contributed by atoms with Gasteiger partial charge < -0.3 is 15.2 Å². The number of aryl methyl sites for hydroxylation is 1. The van der Waals surface area contributed by atoms with E-state index in [1.807, 2.05) is 6.07 Å². The zero-order valence-electron chi connectivity index (χ0n) is 9.05. The molecular weight excluding hydrogens is 214 g/mol. The summed E-state index contributed by atoms with van der Waals surface area (Å²) in [6.07, 6.45) is 1.75. The molecule has 0 saturated heterocycles. The van der Waals surface area contributed by atoms with Crippen LogP contribution in [0.1, 0.15) is 12.0 Å². The molecule has 3 nitrogen and oxygen atoms in total. The van der Waals surface area contributed by atoms with Gasteiger partial charge in [0.1, 0.15) is 0 Å². The van der Waals surface area contributed by atoms with Crippen LogP contribution >= 0.6 is 11.6 Å². The first-order chi connectivity index (χ1) is 7.22. The molecule has 0 radical (unpaired) electrons. The minimum atomic E-state index is 0.651. The molecule has 84 valence electrons. The summed E-state index contributed by atoms with van der Waals surface area (Å²) in [5, 5.41) is 0.652. The number of halogens is 1. The second-order valence-electron chi connectivity index (χ2n) is 3.19. The van der Waals surface area contributed by atoms with Crippen molar-refractivity contribution < 1.29 is 9.47 Å². The summed E-state index contributed by atoms with van der Waals surface area (Å²) in [5.41, 5.74) is 6.51. The minimum Gasteiger partial charge on any atom is -0.493 e. The van der Waals surface area contributed by atoms with Crippen LogP contribution in [0.5, 0.6) is 11.5 Å². The lowest BCUT2D eigenvalue weighted by Gasteiger charge is -2.13. The first kappa shape index (κ1) is 12.1. The summed E-state index contributed by atoms with van der Waals surface area (Å²) in [5.74, 6) is 1.41. The maximum Gasteiger partial charge on any atom is 0.163 e. The zero-order valence-corrected chi connectivity index (χ0v) is 9.80. The first-order valence-corrected chi connectivity index (χ1v) is 5.21. The van der Waals surface area contributed by atoms with Crippen LogP contribution < -0.4 is 15.2 Å². The third kappa shape index (κ3) is 3.01. The van der Waals surface area contributed by atoms with Crippen LogP contribution in [0.25, 0.3) is 0 Å². The van der Waals surface area contributed by atoms with Gasteiger partial charge in [-0.2, -0.15) is 0 Å². The topological polar surface area (TPSA) is 44.5 Å². The van der Waals surface area contributed by atoms with Crippen LogP contribution in [0.15, 0.2) is 12.1 Å². The number of methoxy groups -OCH3 is 2. The van der Waals surface area contributed by atoms with Crippen molar-refractivity contribution in [2.45, 2.75) is 12.8 Å². The van der Waals surface area contributed by atoms with Gasteiger partial charge in [0.05, 0.1) is 14.2 Å². The summed E-state index contributed by atoms with van der Waals surface area (Å²) < 4.78 is 10.5. The summed E-state index contributed by atoms with van der Waals surface area (Å²) in [7, 11) is 3.22. The number of benzene rings is 1. The molecular formula is C11H16ClNO2. The van der Waals surface area contributed by atoms with Gasteiger partial charge in [-0.05, 0) is 31.0 Å². The molecule has 0 aliphatic heterocycles. The maximum atomic E-state index is 5.97. The summed E-state index contributed by atoms with van der Waals surface area (Å²) in [6.45, 7) is 0.651. The molecule has 0 bridgehead atoms. The molecule has 0 atom stereocenters. The van der Waals surface area contributed by atoms with E-state index in [2.05, 4.69) is 0 Å². The Labute approximate surface area is 95.1 Å². The SMILES string of the molecule is COc1cc(Cl)cc(CCCN)c1OC. The number of hydrogen-bond acceptors (Lipinski definition) is 3. The van der Waals surface area contributed by atoms with Crippen molar-refractivity contribution >= 4 is 11.6 Å². The van der Waals surface area contributed by atoms with Gasteiger partial charge in [0.25, 0.3) is 0 Å². The second kappa shape index (κ2) is 5.83. The van der Waals surface area contributed by atoms with Gasteiger partial charge in [-0.15, -0.1) is 0 Å². The van der Waals surface area contributed by atoms with Gasteiger partial charge in [-0.25, -0.2) is 0 Å². The van der Waals surface area contributed by atoms with Gasteiger partial charge in [-0.3, -0.25) is 0 Å². The third-order valence-corrected chi connectivity index (χ3v) is 2.39. The third-order valence-electron chi connectivity index (χ3n) is 2.17. The van der Waals surface area contributed by atoms with Crippen LogP contribution in [0.3, 0.4) is 0 Å². The highest BCUT2D eigenvalue weighted by Crippen LogP contribution is 2.34. The Hall–Kier alpha value is -0.930. The molecule has 1 aromatic carbocycles. The lowest BCUT2D eigenvalue weighted by molar-refractivity contribution is 0.351. The summed E-state index contributed by atoms with van der Waals surface area (Å²) >= 11 is 5.97. The fraction of sp³-hybridized carbons (Fsp3) is 0.455. The quantitative estimate of drug-likeness (QED) is 0.842. The Balaban J connectivity index is 3.05. The monoisotopic (exact) mass is 229 g/mol. The first-order valence-electron chi connectivity index (χ1n) is 4.83. The average molecular weight is 230 g/mol. The van der Waals surface area contributed by atoms with E-state index >= 15 is 0 Å². The maximum absolute atomic E-state index is 5.97. The molecule has 0 aromatic heterocycles. The molecule has 0 aliphatic carbocycles. The standard InChI is InChI=1S/C11H16ClNO2/c1-14-10-7-9(12)6-8(4-3-5-13)11(10)15-2/h6-7H,3-5,13H2,1-2H3. The van der Waals surface area contributed by atoms with E-state index in [1.54, 1.807) is 20.3 Å². The molecule has 1 rings (SSSR count). The van der Waals surface area contributed by atoms with Crippen molar-refractivity contribution in [3.8, 4) is 11.5 Å². The van der Waals surface area contributed by atoms with Gasteiger partial charge in [0, 0.05) is 11.1 Å². The van der Waals surface area contributed by atoms with Crippen molar-refractivity contribution in [1.29, 1.82) is 0 Å². The lowest BCUT2D eigenvalue weighted by atomic mass is 10.1. The molecule has 15 heavy (non-hydrogen) atoms. The van der Waals surface area contributed by atoms with E-state index < -0.39 is 0 Å². The van der Waals surface area contributed by atoms with E-state index in [9.17, 15) is 0 Å². The minimum absolute atomic E-state index is 0.651. The number of nitrogens with two attached hydrogens (primary N) is 1. The number of hydrogen-bond donors (Lipinski definition) is 1. The molecule has 2 N–H and O–H groups in total. The van der Waals surface area contributed by atoms with Crippen LogP contribution in [-0.4, -0.2) is 20.8 Å². The highest BCUT2D eigenvalue weighted by Gasteiger charge is 2.11. The molecule has 0 aliphatic rings. The Morgan fingerprint density at radius 2 is 2.00 bits per heavy atom. The average Bonchev–Trinajstić information content (AvgIpc) is 2.25. The molecule has 0 saturated carbocycles. The molecule has 0 heterocycles. The molecule has 1 aromatic rings. The summed E-state index contributed by atoms with van der Waals surface area (Å²) in [4.78, 5) is 0. The number of ether oxygens (including phenoxy) is 2. The Morgan fingerprint density at radius 3 is 2.53 bits per heavy atom. The highest BCUT2D eigenvalue weighted by atomic mass is 35.5. The molecule has 0 spiro atoms. The molecule has 0 amide bonds. The molecule has 0 fully saturated rings. The Morgan fingerprint density at radius 1 is 1.27 bits per heavy atom. The molecule has 4 heteroatoms. The van der Waals surface area contributed by atoms with Crippen molar-refractivity contribution in [1.82, 2.24) is 0 Å². The zero-order chi connectivity index (χ0) is 11.3. The van der Waals surface area contributed by atoms with E-state index in [4.69, 9.17) is 26.8 Å². The van der Waals surface area contributed by atoms with Crippen LogP contribution in [0.2, 0.25) is 5.02 Å². The van der Waals surface area contributed by atoms with Gasteiger partial charge >= 0.3 is 0 Å².